The number of aliphatic imine (C=N–C) groups is 1. The number of benzene rings is 1. The maximum atomic E-state index is 10.3. The lowest BCUT2D eigenvalue weighted by molar-refractivity contribution is 0.383. The maximum Gasteiger partial charge on any atom is 0.235 e. The molecule has 0 N–H and O–H groups in total. The highest BCUT2D eigenvalue weighted by atomic mass is 16.5. The molecule has 0 saturated heterocycles. The van der Waals surface area contributed by atoms with Crippen molar-refractivity contribution in [3.8, 4) is 11.5 Å². The molecule has 0 bridgehead atoms. The summed E-state index contributed by atoms with van der Waals surface area (Å²) in [6, 6.07) is 3.78. The van der Waals surface area contributed by atoms with Crippen LogP contribution < -0.4 is 9.47 Å². The van der Waals surface area contributed by atoms with Gasteiger partial charge in [-0.2, -0.15) is 0 Å². The topological polar surface area (TPSA) is 47.9 Å². The molecule has 4 nitrogen and oxygen atoms in total. The van der Waals surface area contributed by atoms with Crippen LogP contribution in [0, 0.1) is 0 Å². The van der Waals surface area contributed by atoms with Crippen LogP contribution in [0.3, 0.4) is 0 Å². The number of hydrogen-bond donors (Lipinski definition) is 0. The third-order valence-electron chi connectivity index (χ3n) is 2.70. The Morgan fingerprint density at radius 2 is 1.89 bits per heavy atom. The van der Waals surface area contributed by atoms with Gasteiger partial charge < -0.3 is 9.47 Å². The SMILES string of the molecule is COc1cc(CN=C=O)c(OC)c(C(C)(C)C)c1. The number of hydrogen-bond acceptors (Lipinski definition) is 4. The third-order valence-corrected chi connectivity index (χ3v) is 2.70. The predicted octanol–water partition coefficient (Wildman–Crippen LogP) is 2.84. The maximum absolute atomic E-state index is 10.3. The highest BCUT2D eigenvalue weighted by molar-refractivity contribution is 5.50. The quantitative estimate of drug-likeness (QED) is 0.609. The van der Waals surface area contributed by atoms with E-state index in [4.69, 9.17) is 9.47 Å². The second kappa shape index (κ2) is 5.69. The summed E-state index contributed by atoms with van der Waals surface area (Å²) in [5, 5.41) is 0. The van der Waals surface area contributed by atoms with Crippen LogP contribution in [0.1, 0.15) is 31.9 Å². The number of methoxy groups -OCH3 is 2. The number of isocyanates is 1. The zero-order valence-corrected chi connectivity index (χ0v) is 11.5. The van der Waals surface area contributed by atoms with E-state index in [2.05, 4.69) is 25.8 Å². The third kappa shape index (κ3) is 3.11. The van der Waals surface area contributed by atoms with Crippen molar-refractivity contribution in [3.05, 3.63) is 23.3 Å². The molecule has 0 unspecified atom stereocenters. The minimum Gasteiger partial charge on any atom is -0.497 e. The summed E-state index contributed by atoms with van der Waals surface area (Å²) in [4.78, 5) is 13.9. The van der Waals surface area contributed by atoms with E-state index in [0.717, 1.165) is 22.6 Å². The van der Waals surface area contributed by atoms with Gasteiger partial charge in [-0.1, -0.05) is 20.8 Å². The van der Waals surface area contributed by atoms with E-state index >= 15 is 0 Å². The highest BCUT2D eigenvalue weighted by Crippen LogP contribution is 2.37. The van der Waals surface area contributed by atoms with Gasteiger partial charge in [0.25, 0.3) is 0 Å². The standard InChI is InChI=1S/C14H19NO3/c1-14(2,3)12-7-11(17-4)6-10(8-15-9-16)13(12)18-5/h6-7H,8H2,1-5H3. The first-order valence-corrected chi connectivity index (χ1v) is 5.73. The zero-order valence-electron chi connectivity index (χ0n) is 11.5. The highest BCUT2D eigenvalue weighted by Gasteiger charge is 2.22. The molecular weight excluding hydrogens is 230 g/mol. The Hall–Kier alpha value is -1.80. The second-order valence-electron chi connectivity index (χ2n) is 5.02. The fourth-order valence-electron chi connectivity index (χ4n) is 1.81. The van der Waals surface area contributed by atoms with Gasteiger partial charge >= 0.3 is 0 Å². The molecule has 0 spiro atoms. The molecule has 0 aromatic heterocycles. The van der Waals surface area contributed by atoms with Gasteiger partial charge in [0.2, 0.25) is 6.08 Å². The van der Waals surface area contributed by atoms with Gasteiger partial charge in [0.15, 0.2) is 0 Å². The molecule has 18 heavy (non-hydrogen) atoms. The largest absolute Gasteiger partial charge is 0.497 e. The lowest BCUT2D eigenvalue weighted by atomic mass is 9.85. The van der Waals surface area contributed by atoms with Gasteiger partial charge in [-0.15, -0.1) is 0 Å². The number of rotatable bonds is 4. The molecule has 1 aromatic rings. The normalized spacial score (nSPS) is 10.7. The van der Waals surface area contributed by atoms with Crippen molar-refractivity contribution in [1.82, 2.24) is 0 Å². The predicted molar refractivity (Wildman–Crippen MR) is 70.1 cm³/mol. The zero-order chi connectivity index (χ0) is 13.8. The van der Waals surface area contributed by atoms with Gasteiger partial charge in [-0.3, -0.25) is 0 Å². The molecule has 0 aliphatic carbocycles. The summed E-state index contributed by atoms with van der Waals surface area (Å²) in [7, 11) is 3.23. The van der Waals surface area contributed by atoms with Crippen LogP contribution in [0.25, 0.3) is 0 Å². The molecule has 0 amide bonds. The number of nitrogens with zero attached hydrogens (tertiary/aromatic N) is 1. The molecule has 4 heteroatoms. The minimum absolute atomic E-state index is 0.0838. The molecule has 0 saturated carbocycles. The molecular formula is C14H19NO3. The smallest absolute Gasteiger partial charge is 0.235 e. The van der Waals surface area contributed by atoms with Crippen LogP contribution >= 0.6 is 0 Å². The van der Waals surface area contributed by atoms with Crippen LogP contribution in [0.15, 0.2) is 17.1 Å². The Morgan fingerprint density at radius 3 is 2.33 bits per heavy atom. The van der Waals surface area contributed by atoms with E-state index in [1.807, 2.05) is 12.1 Å². The lowest BCUT2D eigenvalue weighted by Crippen LogP contribution is -2.14. The Bertz CT molecular complexity index is 469. The van der Waals surface area contributed by atoms with Crippen LogP contribution in [-0.4, -0.2) is 20.3 Å². The van der Waals surface area contributed by atoms with E-state index < -0.39 is 0 Å². The summed E-state index contributed by atoms with van der Waals surface area (Å²) in [6.45, 7) is 6.53. The van der Waals surface area contributed by atoms with Crippen molar-refractivity contribution < 1.29 is 14.3 Å². The molecule has 0 fully saturated rings. The van der Waals surface area contributed by atoms with Gasteiger partial charge in [-0.25, -0.2) is 9.79 Å². The average molecular weight is 249 g/mol. The Morgan fingerprint density at radius 1 is 1.22 bits per heavy atom. The van der Waals surface area contributed by atoms with Crippen molar-refractivity contribution in [1.29, 1.82) is 0 Å². The van der Waals surface area contributed by atoms with E-state index in [1.165, 1.54) is 0 Å². The van der Waals surface area contributed by atoms with Gasteiger partial charge in [0.1, 0.15) is 11.5 Å². The van der Waals surface area contributed by atoms with E-state index in [9.17, 15) is 4.79 Å². The van der Waals surface area contributed by atoms with Crippen LogP contribution in [0.4, 0.5) is 0 Å². The van der Waals surface area contributed by atoms with Crippen LogP contribution in [0.2, 0.25) is 0 Å². The molecule has 0 atom stereocenters. The first-order chi connectivity index (χ1) is 8.43. The fourth-order valence-corrected chi connectivity index (χ4v) is 1.81. The van der Waals surface area contributed by atoms with Gasteiger partial charge in [-0.05, 0) is 17.5 Å². The van der Waals surface area contributed by atoms with Crippen molar-refractivity contribution in [2.75, 3.05) is 14.2 Å². The Balaban J connectivity index is 3.44. The summed E-state index contributed by atoms with van der Waals surface area (Å²) >= 11 is 0. The van der Waals surface area contributed by atoms with Crippen LogP contribution in [0.5, 0.6) is 11.5 Å². The first-order valence-electron chi connectivity index (χ1n) is 5.73. The Labute approximate surface area is 108 Å². The molecule has 98 valence electrons. The van der Waals surface area contributed by atoms with Crippen molar-refractivity contribution >= 4 is 6.08 Å². The molecule has 1 rings (SSSR count). The summed E-state index contributed by atoms with van der Waals surface area (Å²) < 4.78 is 10.7. The average Bonchev–Trinajstić information content (AvgIpc) is 2.33. The molecule has 0 aliphatic heterocycles. The number of carbonyl (C=O) groups excluding carboxylic acids is 1. The Kier molecular flexibility index (Phi) is 4.51. The molecule has 0 heterocycles. The number of ether oxygens (including phenoxy) is 2. The van der Waals surface area contributed by atoms with Crippen LogP contribution in [-0.2, 0) is 16.8 Å². The van der Waals surface area contributed by atoms with Crippen molar-refractivity contribution in [2.45, 2.75) is 32.7 Å². The minimum atomic E-state index is -0.0838. The van der Waals surface area contributed by atoms with Crippen molar-refractivity contribution in [3.63, 3.8) is 0 Å². The van der Waals surface area contributed by atoms with E-state index in [-0.39, 0.29) is 12.0 Å². The molecule has 1 aromatic carbocycles. The first kappa shape index (κ1) is 14.3. The summed E-state index contributed by atoms with van der Waals surface area (Å²) in [5.41, 5.74) is 1.77. The van der Waals surface area contributed by atoms with E-state index in [1.54, 1.807) is 20.3 Å². The molecule has 0 radical (unpaired) electrons. The molecule has 0 aliphatic rings. The van der Waals surface area contributed by atoms with Crippen molar-refractivity contribution in [2.24, 2.45) is 4.99 Å². The summed E-state index contributed by atoms with van der Waals surface area (Å²) in [5.74, 6) is 1.49. The summed E-state index contributed by atoms with van der Waals surface area (Å²) in [6.07, 6.45) is 1.54. The second-order valence-corrected chi connectivity index (χ2v) is 5.02. The van der Waals surface area contributed by atoms with E-state index in [0.29, 0.717) is 0 Å². The van der Waals surface area contributed by atoms with Gasteiger partial charge in [0, 0.05) is 11.1 Å². The van der Waals surface area contributed by atoms with Gasteiger partial charge in [0.05, 0.1) is 20.8 Å². The monoisotopic (exact) mass is 249 g/mol. The lowest BCUT2D eigenvalue weighted by Gasteiger charge is -2.24. The fraction of sp³-hybridized carbons (Fsp3) is 0.500.